The predicted molar refractivity (Wildman–Crippen MR) is 125 cm³/mol. The maximum atomic E-state index is 13.7. The molecule has 1 aliphatic rings. The van der Waals surface area contributed by atoms with E-state index in [1.807, 2.05) is 54.6 Å². The molecule has 0 saturated heterocycles. The van der Waals surface area contributed by atoms with Crippen molar-refractivity contribution in [1.82, 2.24) is 5.32 Å². The van der Waals surface area contributed by atoms with E-state index in [2.05, 4.69) is 10.3 Å². The third kappa shape index (κ3) is 4.71. The molecule has 2 heterocycles. The molecular formula is C26H16ClFN2O3. The summed E-state index contributed by atoms with van der Waals surface area (Å²) in [5.41, 5.74) is 1.48. The summed E-state index contributed by atoms with van der Waals surface area (Å²) in [5, 5.41) is 2.96. The Morgan fingerprint density at radius 1 is 0.909 bits per heavy atom. The van der Waals surface area contributed by atoms with E-state index in [0.717, 1.165) is 11.3 Å². The number of hydrogen-bond acceptors (Lipinski definition) is 4. The average Bonchev–Trinajstić information content (AvgIpc) is 3.42. The van der Waals surface area contributed by atoms with Crippen LogP contribution in [0.3, 0.4) is 0 Å². The maximum absolute atomic E-state index is 13.7. The number of hydrogen-bond donors (Lipinski definition) is 1. The Hall–Kier alpha value is -4.16. The monoisotopic (exact) mass is 458 g/mol. The van der Waals surface area contributed by atoms with Crippen LogP contribution in [-0.2, 0) is 4.79 Å². The number of amides is 1. The minimum atomic E-state index is -0.467. The molecule has 1 N–H and O–H groups in total. The van der Waals surface area contributed by atoms with Gasteiger partial charge < -0.3 is 14.5 Å². The van der Waals surface area contributed by atoms with Gasteiger partial charge in [-0.3, -0.25) is 4.79 Å². The number of carbonyl (C=O) groups is 1. The number of rotatable bonds is 5. The minimum absolute atomic E-state index is 0.230. The number of ether oxygens (including phenoxy) is 1. The summed E-state index contributed by atoms with van der Waals surface area (Å²) in [5.74, 6) is 1.57. The fraction of sp³-hybridized carbons (Fsp3) is 0. The largest absolute Gasteiger partial charge is 0.457 e. The quantitative estimate of drug-likeness (QED) is 0.349. The fourth-order valence-electron chi connectivity index (χ4n) is 3.35. The zero-order chi connectivity index (χ0) is 22.8. The Balaban J connectivity index is 1.39. The summed E-state index contributed by atoms with van der Waals surface area (Å²) in [7, 11) is 0. The lowest BCUT2D eigenvalue weighted by atomic mass is 10.2. The number of aliphatic imine (C=N–C) groups is 1. The zero-order valence-electron chi connectivity index (χ0n) is 17.1. The highest BCUT2D eigenvalue weighted by atomic mass is 35.5. The maximum Gasteiger partial charge on any atom is 0.275 e. The summed E-state index contributed by atoms with van der Waals surface area (Å²) in [6.45, 7) is 0. The molecule has 1 aliphatic heterocycles. The van der Waals surface area contributed by atoms with Crippen molar-refractivity contribution in [2.45, 2.75) is 0 Å². The Morgan fingerprint density at radius 2 is 1.70 bits per heavy atom. The molecule has 0 saturated carbocycles. The third-order valence-electron chi connectivity index (χ3n) is 4.82. The van der Waals surface area contributed by atoms with Crippen LogP contribution in [0, 0.1) is 5.82 Å². The molecule has 7 heteroatoms. The number of carbonyl (C=O) groups excluding carboxylic acids is 1. The van der Waals surface area contributed by atoms with Crippen molar-refractivity contribution in [2.75, 3.05) is 0 Å². The van der Waals surface area contributed by atoms with E-state index in [1.165, 1.54) is 12.1 Å². The van der Waals surface area contributed by atoms with E-state index in [1.54, 1.807) is 24.3 Å². The van der Waals surface area contributed by atoms with Gasteiger partial charge in [-0.25, -0.2) is 9.38 Å². The molecule has 3 aromatic carbocycles. The second kappa shape index (κ2) is 8.76. The molecule has 0 unspecified atom stereocenters. The number of para-hydroxylation sites is 1. The highest BCUT2D eigenvalue weighted by Crippen LogP contribution is 2.28. The average molecular weight is 459 g/mol. The molecule has 162 valence electrons. The van der Waals surface area contributed by atoms with Gasteiger partial charge in [0.2, 0.25) is 0 Å². The summed E-state index contributed by atoms with van der Waals surface area (Å²) in [6.07, 6.45) is 1.66. The van der Waals surface area contributed by atoms with E-state index in [0.29, 0.717) is 22.8 Å². The first-order valence-corrected chi connectivity index (χ1v) is 10.4. The number of nitrogens with one attached hydrogen (secondary N) is 1. The molecule has 0 atom stereocenters. The Labute approximate surface area is 193 Å². The lowest BCUT2D eigenvalue weighted by Crippen LogP contribution is -2.24. The Kier molecular flexibility index (Phi) is 5.50. The molecular weight excluding hydrogens is 443 g/mol. The van der Waals surface area contributed by atoms with Gasteiger partial charge in [-0.15, -0.1) is 0 Å². The third-order valence-corrected chi connectivity index (χ3v) is 5.04. The van der Waals surface area contributed by atoms with Crippen molar-refractivity contribution in [2.24, 2.45) is 4.99 Å². The summed E-state index contributed by atoms with van der Waals surface area (Å²) in [4.78, 5) is 16.8. The Morgan fingerprint density at radius 3 is 2.52 bits per heavy atom. The SMILES string of the molecule is O=C1NC(c2ccc(-c3cc(F)cc(Cl)c3)o2)=N/C1=C\c1cccc(Oc2ccccc2)c1. The zero-order valence-corrected chi connectivity index (χ0v) is 17.8. The van der Waals surface area contributed by atoms with Crippen molar-refractivity contribution < 1.29 is 18.3 Å². The lowest BCUT2D eigenvalue weighted by molar-refractivity contribution is -0.115. The van der Waals surface area contributed by atoms with E-state index in [4.69, 9.17) is 20.8 Å². The van der Waals surface area contributed by atoms with Crippen LogP contribution in [0.5, 0.6) is 11.5 Å². The predicted octanol–water partition coefficient (Wildman–Crippen LogP) is 6.45. The first-order chi connectivity index (χ1) is 16.0. The van der Waals surface area contributed by atoms with Gasteiger partial charge >= 0.3 is 0 Å². The summed E-state index contributed by atoms with van der Waals surface area (Å²) in [6, 6.07) is 24.2. The van der Waals surface area contributed by atoms with Gasteiger partial charge in [-0.2, -0.15) is 0 Å². The molecule has 4 aromatic rings. The number of amidine groups is 1. The fourth-order valence-corrected chi connectivity index (χ4v) is 3.57. The molecule has 1 aromatic heterocycles. The second-order valence-electron chi connectivity index (χ2n) is 7.25. The van der Waals surface area contributed by atoms with Crippen molar-refractivity contribution >= 4 is 29.4 Å². The van der Waals surface area contributed by atoms with Crippen molar-refractivity contribution in [3.05, 3.63) is 113 Å². The van der Waals surface area contributed by atoms with Crippen molar-refractivity contribution in [1.29, 1.82) is 0 Å². The lowest BCUT2D eigenvalue weighted by Gasteiger charge is -2.06. The molecule has 33 heavy (non-hydrogen) atoms. The molecule has 5 rings (SSSR count). The molecule has 0 bridgehead atoms. The first kappa shape index (κ1) is 20.7. The summed E-state index contributed by atoms with van der Waals surface area (Å²) < 4.78 is 25.3. The number of furan rings is 1. The first-order valence-electron chi connectivity index (χ1n) is 10.0. The van der Waals surface area contributed by atoms with Gasteiger partial charge in [0.15, 0.2) is 11.6 Å². The van der Waals surface area contributed by atoms with Gasteiger partial charge in [-0.1, -0.05) is 41.9 Å². The van der Waals surface area contributed by atoms with Gasteiger partial charge in [0.05, 0.1) is 0 Å². The highest BCUT2D eigenvalue weighted by molar-refractivity contribution is 6.30. The van der Waals surface area contributed by atoms with Crippen LogP contribution in [0.25, 0.3) is 17.4 Å². The molecule has 1 amide bonds. The smallest absolute Gasteiger partial charge is 0.275 e. The molecule has 0 aliphatic carbocycles. The van der Waals surface area contributed by atoms with Crippen LogP contribution >= 0.6 is 11.6 Å². The minimum Gasteiger partial charge on any atom is -0.457 e. The van der Waals surface area contributed by atoms with E-state index >= 15 is 0 Å². The number of benzene rings is 3. The molecule has 5 nitrogen and oxygen atoms in total. The van der Waals surface area contributed by atoms with Gasteiger partial charge in [0.1, 0.15) is 28.8 Å². The second-order valence-corrected chi connectivity index (χ2v) is 7.69. The van der Waals surface area contributed by atoms with Crippen LogP contribution in [-0.4, -0.2) is 11.7 Å². The van der Waals surface area contributed by atoms with E-state index < -0.39 is 5.82 Å². The number of halogens is 2. The van der Waals surface area contributed by atoms with Gasteiger partial charge in [0.25, 0.3) is 5.91 Å². The Bertz CT molecular complexity index is 1390. The normalized spacial score (nSPS) is 14.3. The van der Waals surface area contributed by atoms with Gasteiger partial charge in [-0.05, 0) is 66.2 Å². The van der Waals surface area contributed by atoms with Crippen molar-refractivity contribution in [3.63, 3.8) is 0 Å². The molecule has 0 spiro atoms. The van der Waals surface area contributed by atoms with Crippen LogP contribution in [0.4, 0.5) is 4.39 Å². The van der Waals surface area contributed by atoms with Crippen molar-refractivity contribution in [3.8, 4) is 22.8 Å². The van der Waals surface area contributed by atoms with E-state index in [-0.39, 0.29) is 22.5 Å². The number of nitrogens with zero attached hydrogens (tertiary/aromatic N) is 1. The molecule has 0 fully saturated rings. The standard InChI is InChI=1S/C26H16ClFN2O3/c27-18-13-17(14-19(28)15-18)23-9-10-24(33-23)25-29-22(26(31)30-25)12-16-5-4-8-21(11-16)32-20-6-2-1-3-7-20/h1-15H,(H,29,30,31)/b22-12-. The summed E-state index contributed by atoms with van der Waals surface area (Å²) >= 11 is 5.93. The topological polar surface area (TPSA) is 63.8 Å². The molecule has 0 radical (unpaired) electrons. The van der Waals surface area contributed by atoms with E-state index in [9.17, 15) is 9.18 Å². The van der Waals surface area contributed by atoms with Crippen LogP contribution < -0.4 is 10.1 Å². The highest BCUT2D eigenvalue weighted by Gasteiger charge is 2.23. The van der Waals surface area contributed by atoms with Crippen LogP contribution in [0.2, 0.25) is 5.02 Å². The van der Waals surface area contributed by atoms with Gasteiger partial charge in [0, 0.05) is 10.6 Å². The van der Waals surface area contributed by atoms with Crippen LogP contribution in [0.1, 0.15) is 11.3 Å². The van der Waals surface area contributed by atoms with Crippen LogP contribution in [0.15, 0.2) is 100 Å².